The first-order chi connectivity index (χ1) is 9.21. The quantitative estimate of drug-likeness (QED) is 0.861. The second-order valence-electron chi connectivity index (χ2n) is 4.96. The highest BCUT2D eigenvalue weighted by atomic mass is 32.1. The van der Waals surface area contributed by atoms with E-state index < -0.39 is 5.54 Å². The highest BCUT2D eigenvalue weighted by Crippen LogP contribution is 2.27. The van der Waals surface area contributed by atoms with Gasteiger partial charge in [-0.25, -0.2) is 0 Å². The predicted octanol–water partition coefficient (Wildman–Crippen LogP) is 2.45. The summed E-state index contributed by atoms with van der Waals surface area (Å²) >= 11 is 1.10. The number of nitrogens with zero attached hydrogens (tertiary/aromatic N) is 3. The Labute approximate surface area is 117 Å². The maximum atomic E-state index is 12.3. The molecule has 1 aliphatic rings. The molecule has 0 aromatic carbocycles. The lowest BCUT2D eigenvalue weighted by molar-refractivity contribution is 0.0916. The SMILES string of the molecule is CCc1nnsc1C(=O)NC1(C#N)CCCCCC1. The number of aryl methyl sites for hydroxylation is 1. The van der Waals surface area contributed by atoms with Crippen LogP contribution >= 0.6 is 11.5 Å². The van der Waals surface area contributed by atoms with Gasteiger partial charge in [0.2, 0.25) is 0 Å². The fourth-order valence-electron chi connectivity index (χ4n) is 2.48. The summed E-state index contributed by atoms with van der Waals surface area (Å²) in [5, 5.41) is 16.3. The molecular formula is C13H18N4OS. The molecule has 6 heteroatoms. The molecule has 0 radical (unpaired) electrons. The Morgan fingerprint density at radius 2 is 2.11 bits per heavy atom. The number of carbonyl (C=O) groups excluding carboxylic acids is 1. The molecule has 1 saturated carbocycles. The normalized spacial score (nSPS) is 18.3. The molecule has 102 valence electrons. The van der Waals surface area contributed by atoms with E-state index in [1.165, 1.54) is 0 Å². The Bertz CT molecular complexity index is 483. The fraction of sp³-hybridized carbons (Fsp3) is 0.692. The van der Waals surface area contributed by atoms with Gasteiger partial charge < -0.3 is 5.32 Å². The van der Waals surface area contributed by atoms with Gasteiger partial charge in [0.15, 0.2) is 0 Å². The number of nitriles is 1. The molecule has 0 spiro atoms. The number of amides is 1. The molecule has 0 saturated heterocycles. The standard InChI is InChI=1S/C13H18N4OS/c1-2-10-11(19-17-16-10)12(18)15-13(9-14)7-5-3-4-6-8-13/h2-8H2,1H3,(H,15,18). The highest BCUT2D eigenvalue weighted by Gasteiger charge is 2.33. The van der Waals surface area contributed by atoms with Gasteiger partial charge in [0.1, 0.15) is 10.4 Å². The first-order valence-corrected chi connectivity index (χ1v) is 7.53. The van der Waals surface area contributed by atoms with Crippen molar-refractivity contribution in [3.05, 3.63) is 10.6 Å². The summed E-state index contributed by atoms with van der Waals surface area (Å²) in [5.41, 5.74) is 0.00646. The van der Waals surface area contributed by atoms with Gasteiger partial charge in [-0.15, -0.1) is 5.10 Å². The number of rotatable bonds is 3. The first-order valence-electron chi connectivity index (χ1n) is 6.76. The van der Waals surface area contributed by atoms with Gasteiger partial charge >= 0.3 is 0 Å². The molecule has 0 atom stereocenters. The minimum absolute atomic E-state index is 0.199. The molecule has 1 amide bonds. The summed E-state index contributed by atoms with van der Waals surface area (Å²) in [4.78, 5) is 12.8. The van der Waals surface area contributed by atoms with Gasteiger partial charge in [-0.2, -0.15) is 5.26 Å². The van der Waals surface area contributed by atoms with Crippen LogP contribution in [0.1, 0.15) is 60.8 Å². The Morgan fingerprint density at radius 1 is 1.42 bits per heavy atom. The third-order valence-corrected chi connectivity index (χ3v) is 4.39. The minimum atomic E-state index is -0.706. The summed E-state index contributed by atoms with van der Waals surface area (Å²) in [6, 6.07) is 2.32. The molecule has 0 bridgehead atoms. The largest absolute Gasteiger partial charge is 0.333 e. The van der Waals surface area contributed by atoms with Gasteiger partial charge in [-0.1, -0.05) is 37.1 Å². The molecule has 19 heavy (non-hydrogen) atoms. The van der Waals surface area contributed by atoms with Gasteiger partial charge in [0, 0.05) is 0 Å². The number of carbonyl (C=O) groups is 1. The summed E-state index contributed by atoms with van der Waals surface area (Å²) < 4.78 is 3.82. The van der Waals surface area contributed by atoms with Crippen molar-refractivity contribution in [2.45, 2.75) is 57.4 Å². The van der Waals surface area contributed by atoms with Gasteiger partial charge in [0.05, 0.1) is 11.8 Å². The Kier molecular flexibility index (Phi) is 4.48. The van der Waals surface area contributed by atoms with E-state index in [0.29, 0.717) is 17.0 Å². The molecule has 1 aromatic heterocycles. The average Bonchev–Trinajstić information content (AvgIpc) is 2.79. The average molecular weight is 278 g/mol. The Hall–Kier alpha value is -1.48. The molecule has 2 rings (SSSR count). The maximum Gasteiger partial charge on any atom is 0.266 e. The van der Waals surface area contributed by atoms with E-state index in [1.807, 2.05) is 6.92 Å². The van der Waals surface area contributed by atoms with Crippen molar-refractivity contribution in [1.29, 1.82) is 5.26 Å². The van der Waals surface area contributed by atoms with E-state index in [1.54, 1.807) is 0 Å². The molecular weight excluding hydrogens is 260 g/mol. The van der Waals surface area contributed by atoms with Crippen LogP contribution in [-0.4, -0.2) is 21.0 Å². The lowest BCUT2D eigenvalue weighted by Gasteiger charge is -2.25. The van der Waals surface area contributed by atoms with Crippen molar-refractivity contribution in [3.8, 4) is 6.07 Å². The van der Waals surface area contributed by atoms with Crippen LogP contribution in [-0.2, 0) is 6.42 Å². The number of hydrogen-bond acceptors (Lipinski definition) is 5. The zero-order valence-electron chi connectivity index (χ0n) is 11.1. The monoisotopic (exact) mass is 278 g/mol. The molecule has 5 nitrogen and oxygen atoms in total. The maximum absolute atomic E-state index is 12.3. The van der Waals surface area contributed by atoms with Gasteiger partial charge in [-0.05, 0) is 30.8 Å². The summed E-state index contributed by atoms with van der Waals surface area (Å²) in [6.07, 6.45) is 6.43. The number of aromatic nitrogens is 2. The molecule has 1 aliphatic carbocycles. The molecule has 1 heterocycles. The van der Waals surface area contributed by atoms with Crippen molar-refractivity contribution in [3.63, 3.8) is 0 Å². The first kappa shape index (κ1) is 13.9. The molecule has 1 aromatic rings. The lowest BCUT2D eigenvalue weighted by atomic mass is 9.91. The third kappa shape index (κ3) is 3.10. The topological polar surface area (TPSA) is 78.7 Å². The fourth-order valence-corrected chi connectivity index (χ4v) is 3.13. The van der Waals surface area contributed by atoms with Crippen LogP contribution in [0, 0.1) is 11.3 Å². The Morgan fingerprint density at radius 3 is 2.68 bits per heavy atom. The van der Waals surface area contributed by atoms with Crippen molar-refractivity contribution in [2.24, 2.45) is 0 Å². The van der Waals surface area contributed by atoms with Crippen molar-refractivity contribution >= 4 is 17.4 Å². The zero-order valence-corrected chi connectivity index (χ0v) is 11.9. The summed E-state index contributed by atoms with van der Waals surface area (Å²) in [7, 11) is 0. The van der Waals surface area contributed by atoms with Crippen LogP contribution in [0.2, 0.25) is 0 Å². The van der Waals surface area contributed by atoms with Crippen LogP contribution in [0.15, 0.2) is 0 Å². The van der Waals surface area contributed by atoms with Crippen LogP contribution < -0.4 is 5.32 Å². The third-order valence-electron chi connectivity index (χ3n) is 3.62. The van der Waals surface area contributed by atoms with E-state index in [-0.39, 0.29) is 5.91 Å². The van der Waals surface area contributed by atoms with E-state index in [4.69, 9.17) is 0 Å². The summed E-state index contributed by atoms with van der Waals surface area (Å²) in [5.74, 6) is -0.199. The van der Waals surface area contributed by atoms with Crippen molar-refractivity contribution in [1.82, 2.24) is 14.9 Å². The second-order valence-corrected chi connectivity index (χ2v) is 5.72. The van der Waals surface area contributed by atoms with Crippen LogP contribution in [0.25, 0.3) is 0 Å². The van der Waals surface area contributed by atoms with Crippen molar-refractivity contribution in [2.75, 3.05) is 0 Å². The lowest BCUT2D eigenvalue weighted by Crippen LogP contribution is -2.47. The van der Waals surface area contributed by atoms with Crippen molar-refractivity contribution < 1.29 is 4.79 Å². The molecule has 1 N–H and O–H groups in total. The molecule has 0 unspecified atom stereocenters. The number of hydrogen-bond donors (Lipinski definition) is 1. The van der Waals surface area contributed by atoms with Crippen LogP contribution in [0.5, 0.6) is 0 Å². The van der Waals surface area contributed by atoms with Gasteiger partial charge in [-0.3, -0.25) is 4.79 Å². The number of nitrogens with one attached hydrogen (secondary N) is 1. The smallest absolute Gasteiger partial charge is 0.266 e. The zero-order chi connectivity index (χ0) is 13.7. The predicted molar refractivity (Wildman–Crippen MR) is 72.8 cm³/mol. The van der Waals surface area contributed by atoms with Crippen LogP contribution in [0.4, 0.5) is 0 Å². The van der Waals surface area contributed by atoms with E-state index >= 15 is 0 Å². The van der Waals surface area contributed by atoms with E-state index in [2.05, 4.69) is 21.0 Å². The second kappa shape index (κ2) is 6.11. The molecule has 1 fully saturated rings. The highest BCUT2D eigenvalue weighted by molar-refractivity contribution is 7.08. The minimum Gasteiger partial charge on any atom is -0.333 e. The van der Waals surface area contributed by atoms with E-state index in [0.717, 1.165) is 50.1 Å². The molecule has 0 aliphatic heterocycles. The summed E-state index contributed by atoms with van der Waals surface area (Å²) in [6.45, 7) is 1.94. The van der Waals surface area contributed by atoms with Gasteiger partial charge in [0.25, 0.3) is 5.91 Å². The van der Waals surface area contributed by atoms with Crippen LogP contribution in [0.3, 0.4) is 0 Å². The van der Waals surface area contributed by atoms with E-state index in [9.17, 15) is 10.1 Å². The Balaban J connectivity index is 2.14.